The summed E-state index contributed by atoms with van der Waals surface area (Å²) in [5.74, 6) is 0. The van der Waals surface area contributed by atoms with Crippen LogP contribution in [0.4, 0.5) is 11.4 Å². The number of nitrogens with zero attached hydrogens (tertiary/aromatic N) is 3. The number of benzene rings is 2. The molecule has 2 aromatic carbocycles. The molecule has 6 nitrogen and oxygen atoms in total. The number of fused-ring (bicyclic) bond motifs is 1. The van der Waals surface area contributed by atoms with Gasteiger partial charge in [-0.1, -0.05) is 12.1 Å². The molecule has 0 fully saturated rings. The van der Waals surface area contributed by atoms with E-state index in [1.165, 1.54) is 16.5 Å². The van der Waals surface area contributed by atoms with E-state index in [0.717, 1.165) is 17.9 Å². The van der Waals surface area contributed by atoms with E-state index >= 15 is 0 Å². The Balaban J connectivity index is 1.68. The summed E-state index contributed by atoms with van der Waals surface area (Å²) in [5.41, 5.74) is 7.94. The number of aliphatic hydroxyl groups excluding tert-OH is 2. The fourth-order valence-electron chi connectivity index (χ4n) is 3.37. The summed E-state index contributed by atoms with van der Waals surface area (Å²) >= 11 is 0. The second-order valence-corrected chi connectivity index (χ2v) is 6.81. The summed E-state index contributed by atoms with van der Waals surface area (Å²) in [6.07, 6.45) is 2.09. The van der Waals surface area contributed by atoms with Crippen LogP contribution in [-0.4, -0.2) is 43.6 Å². The number of para-hydroxylation sites is 1. The van der Waals surface area contributed by atoms with E-state index in [1.54, 1.807) is 0 Å². The second-order valence-electron chi connectivity index (χ2n) is 6.81. The Kier molecular flexibility index (Phi) is 6.81. The minimum atomic E-state index is 0.0615. The number of hydrogen-bond acceptors (Lipinski definition) is 5. The standard InChI is InChI=1S/C22H29N4O2/c1-24-12-11-18(21-5-3-4-6-22(21)24)17-23-25(2)19-7-9-20(10-8-19)26(13-15-27)14-16-28/h3-12,23,27-28H,13-17H2,1-2H3/q+1. The fraction of sp³-hybridized carbons (Fsp3) is 0.318. The molecule has 148 valence electrons. The van der Waals surface area contributed by atoms with Gasteiger partial charge in [0.05, 0.1) is 24.3 Å². The van der Waals surface area contributed by atoms with Crippen LogP contribution >= 0.6 is 0 Å². The molecule has 0 aliphatic heterocycles. The van der Waals surface area contributed by atoms with Crippen molar-refractivity contribution in [2.75, 3.05) is 43.3 Å². The summed E-state index contributed by atoms with van der Waals surface area (Å²) in [7, 11) is 4.06. The largest absolute Gasteiger partial charge is 0.395 e. The Morgan fingerprint density at radius 3 is 2.21 bits per heavy atom. The van der Waals surface area contributed by atoms with Gasteiger partial charge in [0, 0.05) is 44.5 Å². The summed E-state index contributed by atoms with van der Waals surface area (Å²) < 4.78 is 2.13. The van der Waals surface area contributed by atoms with Crippen molar-refractivity contribution >= 4 is 22.3 Å². The Labute approximate surface area is 166 Å². The number of hydrogen-bond donors (Lipinski definition) is 3. The minimum absolute atomic E-state index is 0.0615. The third-order valence-corrected chi connectivity index (χ3v) is 4.98. The average molecular weight is 382 g/mol. The highest BCUT2D eigenvalue weighted by Crippen LogP contribution is 2.20. The summed E-state index contributed by atoms with van der Waals surface area (Å²) in [6, 6.07) is 18.6. The van der Waals surface area contributed by atoms with Crippen molar-refractivity contribution in [1.29, 1.82) is 0 Å². The molecule has 0 aliphatic carbocycles. The zero-order valence-corrected chi connectivity index (χ0v) is 16.5. The monoisotopic (exact) mass is 381 g/mol. The highest BCUT2D eigenvalue weighted by atomic mass is 16.3. The van der Waals surface area contributed by atoms with Crippen LogP contribution in [0.1, 0.15) is 5.56 Å². The lowest BCUT2D eigenvalue weighted by molar-refractivity contribution is -0.644. The maximum atomic E-state index is 9.20. The van der Waals surface area contributed by atoms with Crippen LogP contribution < -0.4 is 19.9 Å². The van der Waals surface area contributed by atoms with Gasteiger partial charge in [0.25, 0.3) is 0 Å². The normalized spacial score (nSPS) is 11.0. The zero-order chi connectivity index (χ0) is 19.9. The first-order chi connectivity index (χ1) is 13.6. The Morgan fingerprint density at radius 2 is 1.54 bits per heavy atom. The van der Waals surface area contributed by atoms with Crippen LogP contribution in [0.5, 0.6) is 0 Å². The van der Waals surface area contributed by atoms with Gasteiger partial charge in [-0.2, -0.15) is 0 Å². The molecule has 0 spiro atoms. The van der Waals surface area contributed by atoms with E-state index in [1.807, 2.05) is 41.2 Å². The number of nitrogens with one attached hydrogen (secondary N) is 1. The van der Waals surface area contributed by atoms with Crippen LogP contribution in [0.25, 0.3) is 10.9 Å². The molecule has 0 aliphatic rings. The van der Waals surface area contributed by atoms with Gasteiger partial charge in [-0.25, -0.2) is 9.99 Å². The number of rotatable bonds is 9. The van der Waals surface area contributed by atoms with Gasteiger partial charge in [-0.3, -0.25) is 0 Å². The fourth-order valence-corrected chi connectivity index (χ4v) is 3.37. The quantitative estimate of drug-likeness (QED) is 0.388. The number of aromatic nitrogens is 1. The maximum absolute atomic E-state index is 9.20. The predicted octanol–water partition coefficient (Wildman–Crippen LogP) is 1.60. The van der Waals surface area contributed by atoms with Gasteiger partial charge in [0.1, 0.15) is 7.05 Å². The molecule has 3 N–H and O–H groups in total. The summed E-state index contributed by atoms with van der Waals surface area (Å²) in [5, 5.41) is 21.6. The second kappa shape index (κ2) is 9.50. The van der Waals surface area contributed by atoms with Gasteiger partial charge in [-0.15, -0.1) is 0 Å². The molecule has 0 bridgehead atoms. The number of aliphatic hydroxyl groups is 2. The molecule has 0 radical (unpaired) electrons. The van der Waals surface area contributed by atoms with Crippen LogP contribution in [0, 0.1) is 0 Å². The highest BCUT2D eigenvalue weighted by molar-refractivity contribution is 5.79. The number of aryl methyl sites for hydroxylation is 1. The van der Waals surface area contributed by atoms with Crippen molar-refractivity contribution in [3.63, 3.8) is 0 Å². The van der Waals surface area contributed by atoms with Crippen molar-refractivity contribution in [2.45, 2.75) is 6.54 Å². The molecule has 1 heterocycles. The lowest BCUT2D eigenvalue weighted by atomic mass is 10.1. The van der Waals surface area contributed by atoms with Crippen molar-refractivity contribution in [2.24, 2.45) is 7.05 Å². The Hall–Kier alpha value is -2.67. The molecule has 3 aromatic rings. The van der Waals surface area contributed by atoms with Gasteiger partial charge >= 0.3 is 0 Å². The van der Waals surface area contributed by atoms with Crippen molar-refractivity contribution in [1.82, 2.24) is 5.43 Å². The lowest BCUT2D eigenvalue weighted by Gasteiger charge is -2.25. The number of anilines is 2. The highest BCUT2D eigenvalue weighted by Gasteiger charge is 2.10. The van der Waals surface area contributed by atoms with E-state index in [9.17, 15) is 10.2 Å². The maximum Gasteiger partial charge on any atom is 0.212 e. The smallest absolute Gasteiger partial charge is 0.212 e. The SMILES string of the molecule is CN(NCc1cc[n+](C)c2ccccc12)c1ccc(N(CCO)CCO)cc1. The van der Waals surface area contributed by atoms with Crippen molar-refractivity contribution in [3.05, 3.63) is 66.4 Å². The molecule has 1 aromatic heterocycles. The molecular weight excluding hydrogens is 352 g/mol. The van der Waals surface area contributed by atoms with Gasteiger partial charge in [0.15, 0.2) is 6.20 Å². The van der Waals surface area contributed by atoms with E-state index in [-0.39, 0.29) is 13.2 Å². The van der Waals surface area contributed by atoms with E-state index in [0.29, 0.717) is 13.1 Å². The topological polar surface area (TPSA) is 62.9 Å². The van der Waals surface area contributed by atoms with Gasteiger partial charge < -0.3 is 20.1 Å². The van der Waals surface area contributed by atoms with Crippen molar-refractivity contribution < 1.29 is 14.8 Å². The number of hydrazine groups is 1. The zero-order valence-electron chi connectivity index (χ0n) is 16.5. The third-order valence-electron chi connectivity index (χ3n) is 4.98. The predicted molar refractivity (Wildman–Crippen MR) is 113 cm³/mol. The van der Waals surface area contributed by atoms with Crippen LogP contribution in [0.3, 0.4) is 0 Å². The van der Waals surface area contributed by atoms with Crippen LogP contribution in [0.15, 0.2) is 60.8 Å². The van der Waals surface area contributed by atoms with E-state index < -0.39 is 0 Å². The van der Waals surface area contributed by atoms with Gasteiger partial charge in [0.2, 0.25) is 5.52 Å². The molecule has 3 rings (SSSR count). The Morgan fingerprint density at radius 1 is 0.893 bits per heavy atom. The first kappa shape index (κ1) is 20.1. The average Bonchev–Trinajstić information content (AvgIpc) is 2.73. The summed E-state index contributed by atoms with van der Waals surface area (Å²) in [6.45, 7) is 1.86. The van der Waals surface area contributed by atoms with Crippen LogP contribution in [0.2, 0.25) is 0 Å². The first-order valence-corrected chi connectivity index (χ1v) is 9.54. The molecule has 0 saturated carbocycles. The molecular formula is C22H29N4O2+. The molecule has 0 unspecified atom stereocenters. The van der Waals surface area contributed by atoms with Crippen LogP contribution in [-0.2, 0) is 13.6 Å². The molecule has 6 heteroatoms. The van der Waals surface area contributed by atoms with Crippen molar-refractivity contribution in [3.8, 4) is 0 Å². The van der Waals surface area contributed by atoms with E-state index in [4.69, 9.17) is 0 Å². The lowest BCUT2D eigenvalue weighted by Crippen LogP contribution is -2.35. The number of pyridine rings is 1. The molecule has 28 heavy (non-hydrogen) atoms. The molecule has 0 atom stereocenters. The first-order valence-electron chi connectivity index (χ1n) is 9.54. The third kappa shape index (κ3) is 4.59. The van der Waals surface area contributed by atoms with E-state index in [2.05, 4.69) is 53.6 Å². The van der Waals surface area contributed by atoms with Gasteiger partial charge in [-0.05, 0) is 35.9 Å². The Bertz CT molecular complexity index is 893. The molecule has 0 saturated heterocycles. The molecule has 0 amide bonds. The summed E-state index contributed by atoms with van der Waals surface area (Å²) in [4.78, 5) is 1.97. The minimum Gasteiger partial charge on any atom is -0.395 e.